The maximum Gasteiger partial charge on any atom is 0.255 e. The molecule has 0 fully saturated rings. The number of pyridine rings is 1. The van der Waals surface area contributed by atoms with Crippen LogP contribution in [-0.2, 0) is 5.41 Å². The third-order valence-electron chi connectivity index (χ3n) is 8.88. The number of rotatable bonds is 5. The molecule has 0 bridgehead atoms. The Hall–Kier alpha value is -5.48. The lowest BCUT2D eigenvalue weighted by Crippen LogP contribution is -2.28. The second-order valence-electron chi connectivity index (χ2n) is 11.8. The molecule has 3 aromatic heterocycles. The van der Waals surface area contributed by atoms with E-state index in [1.165, 1.54) is 5.56 Å². The van der Waals surface area contributed by atoms with E-state index in [0.29, 0.717) is 5.82 Å². The Balaban J connectivity index is 1.27. The Morgan fingerprint density at radius 3 is 2.27 bits per heavy atom. The first kappa shape index (κ1) is 23.0. The van der Waals surface area contributed by atoms with Gasteiger partial charge < -0.3 is 0 Å². The summed E-state index contributed by atoms with van der Waals surface area (Å²) in [6.07, 6.45) is 3.75. The predicted octanol–water partition coefficient (Wildman–Crippen LogP) is 9.03. The van der Waals surface area contributed by atoms with Crippen molar-refractivity contribution >= 4 is 32.8 Å². The minimum Gasteiger partial charge on any atom is -0.294 e. The van der Waals surface area contributed by atoms with Crippen molar-refractivity contribution < 1.29 is 8.68 Å². The Labute approximate surface area is 261 Å². The van der Waals surface area contributed by atoms with Gasteiger partial charge in [0.1, 0.15) is 17.2 Å². The lowest BCUT2D eigenvalue weighted by atomic mass is 9.77. The largest absolute Gasteiger partial charge is 0.294 e. The summed E-state index contributed by atoms with van der Waals surface area (Å²) in [4.78, 5) is 4.65. The van der Waals surface area contributed by atoms with E-state index in [2.05, 4.69) is 142 Å². The number of aryl methyl sites for hydroxylation is 1. The van der Waals surface area contributed by atoms with Gasteiger partial charge in [0.25, 0.3) is 6.33 Å². The Kier molecular flexibility index (Phi) is 5.27. The van der Waals surface area contributed by atoms with E-state index >= 15 is 0 Å². The molecule has 0 unspecified atom stereocenters. The topological polar surface area (TPSA) is 26.6 Å². The number of nitrogens with zero attached hydrogens (tertiary/aromatic N) is 4. The molecule has 44 heavy (non-hydrogen) atoms. The van der Waals surface area contributed by atoms with Crippen molar-refractivity contribution in [2.24, 2.45) is 0 Å². The summed E-state index contributed by atoms with van der Waals surface area (Å²) in [6, 6.07) is 45.8. The molecule has 0 saturated carbocycles. The highest BCUT2D eigenvalue weighted by molar-refractivity contribution is 6.09. The minimum absolute atomic E-state index is 0.271. The Morgan fingerprint density at radius 2 is 1.41 bits per heavy atom. The van der Waals surface area contributed by atoms with Gasteiger partial charge in [0.2, 0.25) is 0 Å². The molecule has 8 rings (SSSR count). The molecule has 0 spiro atoms. The van der Waals surface area contributed by atoms with Crippen LogP contribution in [0.25, 0.3) is 50.0 Å². The van der Waals surface area contributed by atoms with Gasteiger partial charge in [0, 0.05) is 26.5 Å². The van der Waals surface area contributed by atoms with Crippen LogP contribution in [0.1, 0.15) is 34.7 Å². The molecule has 0 aliphatic rings. The van der Waals surface area contributed by atoms with Gasteiger partial charge in [-0.25, -0.2) is 4.98 Å². The van der Waals surface area contributed by atoms with Crippen LogP contribution in [0.15, 0.2) is 146 Å². The normalized spacial score (nSPS) is 13.3. The molecule has 3 heterocycles. The summed E-state index contributed by atoms with van der Waals surface area (Å²) in [5.41, 5.74) is 8.69. The summed E-state index contributed by atoms with van der Waals surface area (Å²) in [6.45, 7) is 2.29. The lowest BCUT2D eigenvalue weighted by Gasteiger charge is -2.26. The zero-order valence-corrected chi connectivity index (χ0v) is 24.6. The molecule has 0 aliphatic carbocycles. The van der Waals surface area contributed by atoms with Gasteiger partial charge in [-0.15, -0.1) is 0 Å². The molecular formula is C40H33N4+. The highest BCUT2D eigenvalue weighted by atomic mass is 15.1. The standard InChI is InChI=1S/C40H33N4/c1-28-22-23-41-39(24-28)44-35-17-8-7-16-33(35)34-21-20-30(26-38(34)44)40(2,3)29-12-11-15-32(25-29)43-27-42(31-13-5-4-6-14-31)36-18-9-10-19-37(36)43/h4-27H,1-3H3/q+1/i1D3. The summed E-state index contributed by atoms with van der Waals surface area (Å²) >= 11 is 0. The zero-order chi connectivity index (χ0) is 32.3. The second kappa shape index (κ2) is 10.1. The highest BCUT2D eigenvalue weighted by Gasteiger charge is 2.27. The minimum atomic E-state index is -2.22. The number of hydrogen-bond acceptors (Lipinski definition) is 1. The Bertz CT molecular complexity index is 2430. The predicted molar refractivity (Wildman–Crippen MR) is 180 cm³/mol. The molecule has 0 saturated heterocycles. The number of hydrogen-bond donors (Lipinski definition) is 0. The van der Waals surface area contributed by atoms with Crippen LogP contribution < -0.4 is 4.57 Å². The van der Waals surface area contributed by atoms with Gasteiger partial charge >= 0.3 is 0 Å². The van der Waals surface area contributed by atoms with Crippen LogP contribution >= 0.6 is 0 Å². The second-order valence-corrected chi connectivity index (χ2v) is 11.8. The SMILES string of the molecule is [2H]C([2H])([2H])c1ccnc(-n2c3ccccc3c3ccc(C(C)(C)c4cccc(-n5c[n+](-c6ccccc6)c6ccccc65)c4)cc32)c1. The van der Waals surface area contributed by atoms with E-state index in [-0.39, 0.29) is 11.0 Å². The van der Waals surface area contributed by atoms with Crippen molar-refractivity contribution in [3.05, 3.63) is 163 Å². The van der Waals surface area contributed by atoms with E-state index in [1.54, 1.807) is 18.3 Å². The van der Waals surface area contributed by atoms with Gasteiger partial charge in [-0.2, -0.15) is 9.13 Å². The third-order valence-corrected chi connectivity index (χ3v) is 8.88. The van der Waals surface area contributed by atoms with E-state index < -0.39 is 6.85 Å². The van der Waals surface area contributed by atoms with Crippen molar-refractivity contribution in [1.82, 2.24) is 14.1 Å². The summed E-state index contributed by atoms with van der Waals surface area (Å²) in [5, 5.41) is 2.19. The molecule has 0 radical (unpaired) electrons. The van der Waals surface area contributed by atoms with Gasteiger partial charge in [0.15, 0.2) is 11.0 Å². The monoisotopic (exact) mass is 572 g/mol. The molecule has 8 aromatic rings. The number of aromatic nitrogens is 4. The maximum atomic E-state index is 7.99. The van der Waals surface area contributed by atoms with Crippen LogP contribution in [0.3, 0.4) is 0 Å². The van der Waals surface area contributed by atoms with Crippen LogP contribution in [0, 0.1) is 6.85 Å². The number of benzene rings is 5. The van der Waals surface area contributed by atoms with E-state index in [1.807, 2.05) is 18.2 Å². The summed E-state index contributed by atoms with van der Waals surface area (Å²) < 4.78 is 30.6. The quantitative estimate of drug-likeness (QED) is 0.189. The van der Waals surface area contributed by atoms with Gasteiger partial charge in [-0.05, 0) is 84.2 Å². The number of imidazole rings is 1. The van der Waals surface area contributed by atoms with Crippen molar-refractivity contribution in [2.75, 3.05) is 0 Å². The lowest BCUT2D eigenvalue weighted by molar-refractivity contribution is -0.567. The fourth-order valence-electron chi connectivity index (χ4n) is 6.47. The van der Waals surface area contributed by atoms with Crippen LogP contribution in [-0.4, -0.2) is 14.1 Å². The molecule has 0 N–H and O–H groups in total. The fourth-order valence-corrected chi connectivity index (χ4v) is 6.47. The highest BCUT2D eigenvalue weighted by Crippen LogP contribution is 2.38. The zero-order valence-electron chi connectivity index (χ0n) is 27.6. The van der Waals surface area contributed by atoms with Gasteiger partial charge in [-0.3, -0.25) is 4.57 Å². The molecule has 0 atom stereocenters. The van der Waals surface area contributed by atoms with E-state index in [9.17, 15) is 0 Å². The van der Waals surface area contributed by atoms with E-state index in [0.717, 1.165) is 49.8 Å². The summed E-state index contributed by atoms with van der Waals surface area (Å²) in [5.74, 6) is 0.591. The van der Waals surface area contributed by atoms with Crippen LogP contribution in [0.4, 0.5) is 0 Å². The summed E-state index contributed by atoms with van der Waals surface area (Å²) in [7, 11) is 0. The molecule has 212 valence electrons. The maximum absolute atomic E-state index is 7.99. The van der Waals surface area contributed by atoms with Crippen molar-refractivity contribution in [1.29, 1.82) is 0 Å². The van der Waals surface area contributed by atoms with Crippen molar-refractivity contribution in [3.8, 4) is 17.2 Å². The molecule has 4 heteroatoms. The van der Waals surface area contributed by atoms with Gasteiger partial charge in [0.05, 0.1) is 11.0 Å². The molecule has 4 nitrogen and oxygen atoms in total. The fraction of sp³-hybridized carbons (Fsp3) is 0.100. The third kappa shape index (κ3) is 4.14. The first-order valence-corrected chi connectivity index (χ1v) is 14.9. The van der Waals surface area contributed by atoms with Crippen molar-refractivity contribution in [2.45, 2.75) is 26.1 Å². The van der Waals surface area contributed by atoms with Crippen LogP contribution in [0.5, 0.6) is 0 Å². The average molecular weight is 573 g/mol. The average Bonchev–Trinajstić information content (AvgIpc) is 3.65. The number of fused-ring (bicyclic) bond motifs is 4. The molecular weight excluding hydrogens is 536 g/mol. The molecule has 0 amide bonds. The Morgan fingerprint density at radius 1 is 0.659 bits per heavy atom. The van der Waals surface area contributed by atoms with Crippen molar-refractivity contribution in [3.63, 3.8) is 0 Å². The van der Waals surface area contributed by atoms with Gasteiger partial charge in [-0.1, -0.05) is 86.6 Å². The smallest absolute Gasteiger partial charge is 0.255 e. The number of para-hydroxylation sites is 4. The first-order chi connectivity index (χ1) is 22.7. The van der Waals surface area contributed by atoms with E-state index in [4.69, 9.17) is 4.11 Å². The molecule has 5 aromatic carbocycles. The first-order valence-electron chi connectivity index (χ1n) is 16.4. The molecule has 0 aliphatic heterocycles. The van der Waals surface area contributed by atoms with Crippen LogP contribution in [0.2, 0.25) is 0 Å².